The first-order chi connectivity index (χ1) is 15.5. The van der Waals surface area contributed by atoms with Gasteiger partial charge in [0, 0.05) is 24.6 Å². The fourth-order valence-electron chi connectivity index (χ4n) is 5.04. The van der Waals surface area contributed by atoms with Gasteiger partial charge in [-0.2, -0.15) is 5.10 Å². The molecule has 1 amide bonds. The molecule has 3 aromatic rings. The number of amides is 1. The van der Waals surface area contributed by atoms with Crippen LogP contribution in [0.2, 0.25) is 0 Å². The van der Waals surface area contributed by atoms with Gasteiger partial charge in [-0.25, -0.2) is 23.3 Å². The summed E-state index contributed by atoms with van der Waals surface area (Å²) in [5.74, 6) is -0.211. The lowest BCUT2D eigenvalue weighted by Gasteiger charge is -2.32. The average Bonchev–Trinajstić information content (AvgIpc) is 3.39. The summed E-state index contributed by atoms with van der Waals surface area (Å²) >= 11 is 0. The first-order valence-electron chi connectivity index (χ1n) is 11.2. The molecule has 1 saturated carbocycles. The van der Waals surface area contributed by atoms with Crippen LogP contribution in [0, 0.1) is 30.4 Å². The van der Waals surface area contributed by atoms with Gasteiger partial charge in [-0.15, -0.1) is 0 Å². The second-order valence-corrected chi connectivity index (χ2v) is 8.93. The van der Waals surface area contributed by atoms with Gasteiger partial charge in [0.25, 0.3) is 0 Å². The average molecular weight is 440 g/mol. The molecule has 2 fully saturated rings. The molecule has 0 bridgehead atoms. The third kappa shape index (κ3) is 4.24. The fraction of sp³-hybridized carbons (Fsp3) is 0.458. The van der Waals surface area contributed by atoms with E-state index in [4.69, 9.17) is 4.84 Å². The van der Waals surface area contributed by atoms with Gasteiger partial charge in [-0.05, 0) is 74.3 Å². The molecule has 2 aliphatic rings. The predicted octanol–water partition coefficient (Wildman–Crippen LogP) is 4.57. The Morgan fingerprint density at radius 2 is 1.84 bits per heavy atom. The maximum atomic E-state index is 13.7. The second kappa shape index (κ2) is 8.58. The number of aryl methyl sites for hydroxylation is 1. The Morgan fingerprint density at radius 1 is 1.09 bits per heavy atom. The molecule has 0 unspecified atom stereocenters. The highest BCUT2D eigenvalue weighted by molar-refractivity contribution is 5.78. The summed E-state index contributed by atoms with van der Waals surface area (Å²) < 4.78 is 29.2. The van der Waals surface area contributed by atoms with Gasteiger partial charge in [0.05, 0.1) is 12.6 Å². The first-order valence-corrected chi connectivity index (χ1v) is 11.2. The van der Waals surface area contributed by atoms with E-state index in [1.165, 1.54) is 22.8 Å². The van der Waals surface area contributed by atoms with E-state index in [0.29, 0.717) is 24.5 Å². The molecule has 1 aliphatic carbocycles. The summed E-state index contributed by atoms with van der Waals surface area (Å²) in [7, 11) is 0. The Labute approximate surface area is 185 Å². The minimum Gasteiger partial charge on any atom is -0.272 e. The van der Waals surface area contributed by atoms with Crippen molar-refractivity contribution < 1.29 is 18.4 Å². The largest absolute Gasteiger partial charge is 0.272 e. The van der Waals surface area contributed by atoms with Crippen molar-refractivity contribution in [1.29, 1.82) is 0 Å². The lowest BCUT2D eigenvalue weighted by atomic mass is 9.79. The number of carbonyl (C=O) groups excluding carboxylic acids is 1. The van der Waals surface area contributed by atoms with Gasteiger partial charge in [0.15, 0.2) is 5.65 Å². The Bertz CT molecular complexity index is 1120. The standard InChI is InChI=1S/C24H26F2N4O2/c1-15-27-23-7-4-17(14-29(23)28-15)10-16-2-5-18(6-3-16)24(31)30-22(8-9-32-30)19-11-20(25)13-21(26)12-19/h4,7,11-14,16,18,22H,2-3,5-6,8-10H2,1H3/t16-,18-,22-/m0/s1. The van der Waals surface area contributed by atoms with Crippen LogP contribution in [0.5, 0.6) is 0 Å². The number of halogens is 2. The number of hydrogen-bond donors (Lipinski definition) is 0. The summed E-state index contributed by atoms with van der Waals surface area (Å²) in [5, 5.41) is 5.74. The van der Waals surface area contributed by atoms with Crippen LogP contribution in [0.15, 0.2) is 36.5 Å². The molecule has 3 heterocycles. The van der Waals surface area contributed by atoms with E-state index in [0.717, 1.165) is 49.6 Å². The molecule has 1 aliphatic heterocycles. The van der Waals surface area contributed by atoms with Crippen molar-refractivity contribution in [3.63, 3.8) is 0 Å². The highest BCUT2D eigenvalue weighted by Gasteiger charge is 2.37. The van der Waals surface area contributed by atoms with Gasteiger partial charge in [-0.1, -0.05) is 6.07 Å². The third-order valence-corrected chi connectivity index (χ3v) is 6.61. The van der Waals surface area contributed by atoms with E-state index in [2.05, 4.69) is 16.1 Å². The lowest BCUT2D eigenvalue weighted by molar-refractivity contribution is -0.183. The Balaban J connectivity index is 1.21. The molecule has 0 radical (unpaired) electrons. The number of pyridine rings is 1. The second-order valence-electron chi connectivity index (χ2n) is 8.93. The molecule has 1 atom stereocenters. The molecule has 2 aromatic heterocycles. The number of benzene rings is 1. The van der Waals surface area contributed by atoms with E-state index in [1.54, 1.807) is 0 Å². The molecule has 5 rings (SSSR count). The van der Waals surface area contributed by atoms with Crippen molar-refractivity contribution in [2.75, 3.05) is 6.61 Å². The highest BCUT2D eigenvalue weighted by atomic mass is 19.1. The molecule has 32 heavy (non-hydrogen) atoms. The molecular formula is C24H26F2N4O2. The van der Waals surface area contributed by atoms with Crippen LogP contribution in [-0.4, -0.2) is 32.2 Å². The van der Waals surface area contributed by atoms with Gasteiger partial charge < -0.3 is 0 Å². The number of fused-ring (bicyclic) bond motifs is 1. The van der Waals surface area contributed by atoms with E-state index in [1.807, 2.05) is 23.7 Å². The van der Waals surface area contributed by atoms with Crippen molar-refractivity contribution in [3.8, 4) is 0 Å². The Morgan fingerprint density at radius 3 is 2.59 bits per heavy atom. The fourth-order valence-corrected chi connectivity index (χ4v) is 5.04. The van der Waals surface area contributed by atoms with Crippen LogP contribution in [0.25, 0.3) is 5.65 Å². The van der Waals surface area contributed by atoms with E-state index >= 15 is 0 Å². The molecule has 8 heteroatoms. The normalized spacial score (nSPS) is 23.7. The Hall–Kier alpha value is -2.87. The zero-order valence-electron chi connectivity index (χ0n) is 18.0. The molecule has 1 saturated heterocycles. The van der Waals surface area contributed by atoms with Gasteiger partial charge in [-0.3, -0.25) is 9.63 Å². The van der Waals surface area contributed by atoms with Crippen molar-refractivity contribution in [2.45, 2.75) is 51.5 Å². The third-order valence-electron chi connectivity index (χ3n) is 6.61. The van der Waals surface area contributed by atoms with Gasteiger partial charge in [0.2, 0.25) is 5.91 Å². The lowest BCUT2D eigenvalue weighted by Crippen LogP contribution is -2.36. The molecule has 168 valence electrons. The number of rotatable bonds is 4. The SMILES string of the molecule is Cc1nc2ccc(C[C@H]3CC[C@H](C(=O)N4OCC[C@H]4c4cc(F)cc(F)c4)CC3)cn2n1. The summed E-state index contributed by atoms with van der Waals surface area (Å²) in [5.41, 5.74) is 2.51. The number of hydrogen-bond acceptors (Lipinski definition) is 4. The van der Waals surface area contributed by atoms with Crippen molar-refractivity contribution in [1.82, 2.24) is 19.7 Å². The monoisotopic (exact) mass is 440 g/mol. The quantitative estimate of drug-likeness (QED) is 0.596. The molecule has 6 nitrogen and oxygen atoms in total. The number of hydroxylamine groups is 2. The van der Waals surface area contributed by atoms with Gasteiger partial charge in [0.1, 0.15) is 17.5 Å². The van der Waals surface area contributed by atoms with Crippen LogP contribution >= 0.6 is 0 Å². The van der Waals surface area contributed by atoms with Gasteiger partial charge >= 0.3 is 0 Å². The summed E-state index contributed by atoms with van der Waals surface area (Å²) in [6, 6.07) is 7.06. The molecule has 1 aromatic carbocycles. The van der Waals surface area contributed by atoms with E-state index in [-0.39, 0.29) is 11.8 Å². The smallest absolute Gasteiger partial charge is 0.249 e. The highest BCUT2D eigenvalue weighted by Crippen LogP contribution is 2.37. The van der Waals surface area contributed by atoms with Crippen molar-refractivity contribution >= 4 is 11.6 Å². The number of aromatic nitrogens is 3. The van der Waals surface area contributed by atoms with Crippen LogP contribution in [0.1, 0.15) is 55.1 Å². The topological polar surface area (TPSA) is 59.7 Å². The number of nitrogens with zero attached hydrogens (tertiary/aromatic N) is 4. The maximum Gasteiger partial charge on any atom is 0.249 e. The van der Waals surface area contributed by atoms with Crippen LogP contribution in [-0.2, 0) is 16.1 Å². The first kappa shape index (κ1) is 21.0. The van der Waals surface area contributed by atoms with E-state index in [9.17, 15) is 13.6 Å². The van der Waals surface area contributed by atoms with Crippen molar-refractivity contribution in [3.05, 3.63) is 65.1 Å². The molecular weight excluding hydrogens is 414 g/mol. The predicted molar refractivity (Wildman–Crippen MR) is 113 cm³/mol. The minimum atomic E-state index is -0.640. The summed E-state index contributed by atoms with van der Waals surface area (Å²) in [6.45, 7) is 2.25. The maximum absolute atomic E-state index is 13.7. The summed E-state index contributed by atoms with van der Waals surface area (Å²) in [4.78, 5) is 23.1. The molecule has 0 N–H and O–H groups in total. The van der Waals surface area contributed by atoms with Crippen molar-refractivity contribution in [2.24, 2.45) is 11.8 Å². The summed E-state index contributed by atoms with van der Waals surface area (Å²) in [6.07, 6.45) is 7.01. The minimum absolute atomic E-state index is 0.0740. The zero-order valence-corrected chi connectivity index (χ0v) is 18.0. The van der Waals surface area contributed by atoms with Crippen LogP contribution < -0.4 is 0 Å². The zero-order chi connectivity index (χ0) is 22.2. The Kier molecular flexibility index (Phi) is 5.63. The number of carbonyl (C=O) groups is 1. The molecule has 0 spiro atoms. The van der Waals surface area contributed by atoms with Crippen LogP contribution in [0.4, 0.5) is 8.78 Å². The van der Waals surface area contributed by atoms with E-state index < -0.39 is 17.7 Å². The van der Waals surface area contributed by atoms with Crippen LogP contribution in [0.3, 0.4) is 0 Å².